The van der Waals surface area contributed by atoms with Crippen LogP contribution >= 0.6 is 0 Å². The lowest BCUT2D eigenvalue weighted by molar-refractivity contribution is 0.585. The molecule has 0 saturated carbocycles. The van der Waals surface area contributed by atoms with Crippen LogP contribution in [0.2, 0.25) is 0 Å². The van der Waals surface area contributed by atoms with Crippen molar-refractivity contribution in [3.63, 3.8) is 0 Å². The lowest BCUT2D eigenvalue weighted by Crippen LogP contribution is -2.41. The standard InChI is InChI=1S/C8H11N3O2S/c12-14(13)6-4-11(5-7-14)8-9-2-1-3-10-8/h1-3H,4-7H2. The van der Waals surface area contributed by atoms with Crippen LogP contribution in [0.15, 0.2) is 18.5 Å². The Hall–Kier alpha value is -1.17. The van der Waals surface area contributed by atoms with Crippen molar-refractivity contribution in [1.29, 1.82) is 0 Å². The molecule has 1 aromatic rings. The number of sulfone groups is 1. The normalized spacial score (nSPS) is 20.7. The second-order valence-electron chi connectivity index (χ2n) is 3.19. The monoisotopic (exact) mass is 213 g/mol. The van der Waals surface area contributed by atoms with Gasteiger partial charge in [0, 0.05) is 25.5 Å². The number of rotatable bonds is 1. The summed E-state index contributed by atoms with van der Waals surface area (Å²) < 4.78 is 22.3. The zero-order valence-corrected chi connectivity index (χ0v) is 8.44. The molecule has 5 nitrogen and oxygen atoms in total. The molecule has 76 valence electrons. The maximum absolute atomic E-state index is 11.2. The number of aromatic nitrogens is 2. The van der Waals surface area contributed by atoms with E-state index in [0.717, 1.165) is 0 Å². The summed E-state index contributed by atoms with van der Waals surface area (Å²) in [4.78, 5) is 10.0. The van der Waals surface area contributed by atoms with Gasteiger partial charge >= 0.3 is 0 Å². The number of hydrogen-bond acceptors (Lipinski definition) is 5. The van der Waals surface area contributed by atoms with E-state index in [1.807, 2.05) is 4.90 Å². The van der Waals surface area contributed by atoms with E-state index in [2.05, 4.69) is 9.97 Å². The van der Waals surface area contributed by atoms with Gasteiger partial charge < -0.3 is 4.90 Å². The van der Waals surface area contributed by atoms with Gasteiger partial charge in [-0.1, -0.05) is 0 Å². The van der Waals surface area contributed by atoms with E-state index < -0.39 is 9.84 Å². The summed E-state index contributed by atoms with van der Waals surface area (Å²) in [6.45, 7) is 0.985. The molecule has 1 aliphatic rings. The fourth-order valence-electron chi connectivity index (χ4n) is 1.37. The SMILES string of the molecule is O=S1(=O)CCN(c2ncccn2)CC1. The molecule has 0 aromatic carbocycles. The Labute approximate surface area is 82.7 Å². The minimum absolute atomic E-state index is 0.200. The van der Waals surface area contributed by atoms with Crippen LogP contribution in [-0.2, 0) is 9.84 Å². The Morgan fingerprint density at radius 1 is 1.14 bits per heavy atom. The Morgan fingerprint density at radius 3 is 2.29 bits per heavy atom. The topological polar surface area (TPSA) is 63.2 Å². The average Bonchev–Trinajstić information content (AvgIpc) is 2.19. The Balaban J connectivity index is 2.10. The van der Waals surface area contributed by atoms with Crippen LogP contribution in [0.25, 0.3) is 0 Å². The molecule has 6 heteroatoms. The highest BCUT2D eigenvalue weighted by molar-refractivity contribution is 7.91. The molecule has 2 rings (SSSR count). The van der Waals surface area contributed by atoms with Crippen molar-refractivity contribution >= 4 is 15.8 Å². The van der Waals surface area contributed by atoms with Gasteiger partial charge in [-0.2, -0.15) is 0 Å². The molecule has 14 heavy (non-hydrogen) atoms. The van der Waals surface area contributed by atoms with Crippen LogP contribution in [0.1, 0.15) is 0 Å². The molecule has 0 spiro atoms. The third-order valence-electron chi connectivity index (χ3n) is 2.18. The molecule has 0 radical (unpaired) electrons. The van der Waals surface area contributed by atoms with E-state index >= 15 is 0 Å². The summed E-state index contributed by atoms with van der Waals surface area (Å²) in [5.41, 5.74) is 0. The fraction of sp³-hybridized carbons (Fsp3) is 0.500. The van der Waals surface area contributed by atoms with Crippen LogP contribution in [0.4, 0.5) is 5.95 Å². The maximum Gasteiger partial charge on any atom is 0.225 e. The summed E-state index contributed by atoms with van der Waals surface area (Å²) in [6.07, 6.45) is 3.32. The van der Waals surface area contributed by atoms with Crippen molar-refractivity contribution in [3.8, 4) is 0 Å². The first-order chi connectivity index (χ1) is 6.67. The summed E-state index contributed by atoms with van der Waals surface area (Å²) >= 11 is 0. The van der Waals surface area contributed by atoms with Crippen molar-refractivity contribution in [2.24, 2.45) is 0 Å². The van der Waals surface area contributed by atoms with Crippen LogP contribution in [0.5, 0.6) is 0 Å². The quantitative estimate of drug-likeness (QED) is 0.641. The molecule has 0 aliphatic carbocycles. The molecule has 0 amide bonds. The third-order valence-corrected chi connectivity index (χ3v) is 3.79. The van der Waals surface area contributed by atoms with E-state index in [0.29, 0.717) is 19.0 Å². The van der Waals surface area contributed by atoms with Crippen molar-refractivity contribution in [3.05, 3.63) is 18.5 Å². The summed E-state index contributed by atoms with van der Waals surface area (Å²) in [6, 6.07) is 1.74. The van der Waals surface area contributed by atoms with Crippen LogP contribution in [-0.4, -0.2) is 43.0 Å². The summed E-state index contributed by atoms with van der Waals surface area (Å²) in [5.74, 6) is 1.01. The number of nitrogens with zero attached hydrogens (tertiary/aromatic N) is 3. The lowest BCUT2D eigenvalue weighted by Gasteiger charge is -2.26. The van der Waals surface area contributed by atoms with Crippen LogP contribution in [0.3, 0.4) is 0 Å². The van der Waals surface area contributed by atoms with Crippen molar-refractivity contribution in [1.82, 2.24) is 9.97 Å². The van der Waals surface area contributed by atoms with Gasteiger partial charge in [-0.25, -0.2) is 18.4 Å². The lowest BCUT2D eigenvalue weighted by atomic mass is 10.5. The first-order valence-corrected chi connectivity index (χ1v) is 6.22. The van der Waals surface area contributed by atoms with E-state index in [-0.39, 0.29) is 11.5 Å². The fourth-order valence-corrected chi connectivity index (χ4v) is 2.57. The molecule has 1 fully saturated rings. The second-order valence-corrected chi connectivity index (χ2v) is 5.49. The molecule has 0 unspecified atom stereocenters. The number of hydrogen-bond donors (Lipinski definition) is 0. The molecular formula is C8H11N3O2S. The molecular weight excluding hydrogens is 202 g/mol. The Bertz CT molecular complexity index is 390. The highest BCUT2D eigenvalue weighted by atomic mass is 32.2. The smallest absolute Gasteiger partial charge is 0.225 e. The van der Waals surface area contributed by atoms with Gasteiger partial charge in [0.1, 0.15) is 0 Å². The average molecular weight is 213 g/mol. The summed E-state index contributed by atoms with van der Waals surface area (Å²) in [7, 11) is -2.82. The highest BCUT2D eigenvalue weighted by Crippen LogP contribution is 2.10. The second kappa shape index (κ2) is 3.53. The van der Waals surface area contributed by atoms with Crippen molar-refractivity contribution < 1.29 is 8.42 Å². The third kappa shape index (κ3) is 2.01. The molecule has 1 saturated heterocycles. The van der Waals surface area contributed by atoms with Gasteiger partial charge in [0.05, 0.1) is 11.5 Å². The van der Waals surface area contributed by atoms with Gasteiger partial charge in [-0.3, -0.25) is 0 Å². The van der Waals surface area contributed by atoms with Gasteiger partial charge in [0.25, 0.3) is 0 Å². The predicted molar refractivity (Wildman–Crippen MR) is 52.9 cm³/mol. The van der Waals surface area contributed by atoms with E-state index in [1.54, 1.807) is 18.5 Å². The molecule has 0 bridgehead atoms. The maximum atomic E-state index is 11.2. The summed E-state index contributed by atoms with van der Waals surface area (Å²) in [5, 5.41) is 0. The Kier molecular flexibility index (Phi) is 2.37. The van der Waals surface area contributed by atoms with Gasteiger partial charge in [-0.05, 0) is 6.07 Å². The zero-order chi connectivity index (χ0) is 10.0. The Morgan fingerprint density at radius 2 is 1.71 bits per heavy atom. The molecule has 1 aliphatic heterocycles. The van der Waals surface area contributed by atoms with Crippen LogP contribution < -0.4 is 4.90 Å². The van der Waals surface area contributed by atoms with E-state index in [1.165, 1.54) is 0 Å². The van der Waals surface area contributed by atoms with Gasteiger partial charge in [0.2, 0.25) is 5.95 Å². The molecule has 0 atom stereocenters. The largest absolute Gasteiger partial charge is 0.339 e. The first kappa shape index (κ1) is 9.39. The zero-order valence-electron chi connectivity index (χ0n) is 7.63. The van der Waals surface area contributed by atoms with Crippen LogP contribution in [0, 0.1) is 0 Å². The highest BCUT2D eigenvalue weighted by Gasteiger charge is 2.22. The molecule has 2 heterocycles. The minimum atomic E-state index is -2.82. The first-order valence-electron chi connectivity index (χ1n) is 4.40. The molecule has 0 N–H and O–H groups in total. The predicted octanol–water partition coefficient (Wildman–Crippen LogP) is -0.289. The van der Waals surface area contributed by atoms with Crippen molar-refractivity contribution in [2.75, 3.05) is 29.5 Å². The number of anilines is 1. The van der Waals surface area contributed by atoms with Gasteiger partial charge in [-0.15, -0.1) is 0 Å². The van der Waals surface area contributed by atoms with E-state index in [4.69, 9.17) is 0 Å². The van der Waals surface area contributed by atoms with Gasteiger partial charge in [0.15, 0.2) is 9.84 Å². The van der Waals surface area contributed by atoms with Crippen molar-refractivity contribution in [2.45, 2.75) is 0 Å². The minimum Gasteiger partial charge on any atom is -0.339 e. The van der Waals surface area contributed by atoms with E-state index in [9.17, 15) is 8.42 Å². The molecule has 1 aromatic heterocycles.